The Kier molecular flexibility index (Phi) is 6.69. The first-order valence-electron chi connectivity index (χ1n) is 11.3. The number of aryl methyl sites for hydroxylation is 1. The molecular formula is C23H27F3N4O3S. The summed E-state index contributed by atoms with van der Waals surface area (Å²) >= 11 is 0. The van der Waals surface area contributed by atoms with Crippen molar-refractivity contribution in [1.29, 1.82) is 0 Å². The zero-order valence-electron chi connectivity index (χ0n) is 19.0. The Balaban J connectivity index is 1.64. The van der Waals surface area contributed by atoms with E-state index in [0.29, 0.717) is 18.4 Å². The van der Waals surface area contributed by atoms with Crippen LogP contribution in [0, 0.1) is 12.9 Å². The topological polar surface area (TPSA) is 83.5 Å². The molecule has 0 N–H and O–H groups in total. The predicted octanol–water partition coefficient (Wildman–Crippen LogP) is 3.78. The fourth-order valence-electron chi connectivity index (χ4n) is 4.78. The third-order valence-electron chi connectivity index (χ3n) is 6.70. The number of hydrogen-bond acceptors (Lipinski definition) is 5. The van der Waals surface area contributed by atoms with Crippen LogP contribution < -0.4 is 0 Å². The van der Waals surface area contributed by atoms with Gasteiger partial charge in [0, 0.05) is 50.4 Å². The number of nitrogens with zero attached hydrogens (tertiary/aromatic N) is 4. The van der Waals surface area contributed by atoms with Crippen molar-refractivity contribution in [2.24, 2.45) is 0 Å². The number of sulfonamides is 1. The highest BCUT2D eigenvalue weighted by Crippen LogP contribution is 2.37. The molecule has 0 spiro atoms. The molecule has 1 aliphatic carbocycles. The lowest BCUT2D eigenvalue weighted by molar-refractivity contribution is -0.138. The van der Waals surface area contributed by atoms with Crippen LogP contribution >= 0.6 is 0 Å². The lowest BCUT2D eigenvalue weighted by atomic mass is 9.91. The van der Waals surface area contributed by atoms with Crippen LogP contribution in [0.25, 0.3) is 11.3 Å². The second-order valence-electron chi connectivity index (χ2n) is 9.01. The summed E-state index contributed by atoms with van der Waals surface area (Å²) in [5.74, 6) is -4.02. The summed E-state index contributed by atoms with van der Waals surface area (Å²) in [6.07, 6.45) is 3.01. The predicted molar refractivity (Wildman–Crippen MR) is 119 cm³/mol. The van der Waals surface area contributed by atoms with Gasteiger partial charge in [-0.05, 0) is 44.7 Å². The molecule has 1 atom stereocenters. The number of benzene rings is 1. The van der Waals surface area contributed by atoms with Gasteiger partial charge in [-0.2, -0.15) is 8.70 Å². The molecular weight excluding hydrogens is 469 g/mol. The van der Waals surface area contributed by atoms with E-state index in [2.05, 4.69) is 9.97 Å². The summed E-state index contributed by atoms with van der Waals surface area (Å²) in [5, 5.41) is 0. The highest BCUT2D eigenvalue weighted by molar-refractivity contribution is 7.89. The van der Waals surface area contributed by atoms with Crippen molar-refractivity contribution in [1.82, 2.24) is 19.2 Å². The summed E-state index contributed by atoms with van der Waals surface area (Å²) in [5.41, 5.74) is 0.598. The van der Waals surface area contributed by atoms with Gasteiger partial charge < -0.3 is 4.90 Å². The quantitative estimate of drug-likeness (QED) is 0.629. The molecule has 7 nitrogen and oxygen atoms in total. The Labute approximate surface area is 197 Å². The summed E-state index contributed by atoms with van der Waals surface area (Å²) in [7, 11) is -2.65. The minimum Gasteiger partial charge on any atom is -0.341 e. The van der Waals surface area contributed by atoms with Crippen LogP contribution in [0.3, 0.4) is 0 Å². The van der Waals surface area contributed by atoms with Crippen molar-refractivity contribution < 1.29 is 26.4 Å². The van der Waals surface area contributed by atoms with Crippen molar-refractivity contribution >= 4 is 15.9 Å². The molecule has 1 aromatic carbocycles. The van der Waals surface area contributed by atoms with Crippen LogP contribution in [0.4, 0.5) is 13.2 Å². The zero-order chi connectivity index (χ0) is 24.7. The van der Waals surface area contributed by atoms with Gasteiger partial charge >= 0.3 is 0 Å². The van der Waals surface area contributed by atoms with E-state index in [1.807, 2.05) is 0 Å². The van der Waals surface area contributed by atoms with Gasteiger partial charge in [-0.3, -0.25) is 4.79 Å². The molecule has 1 aromatic heterocycles. The summed E-state index contributed by atoms with van der Waals surface area (Å²) in [4.78, 5) is 22.1. The Morgan fingerprint density at radius 2 is 1.82 bits per heavy atom. The van der Waals surface area contributed by atoms with Gasteiger partial charge in [0.2, 0.25) is 27.8 Å². The Morgan fingerprint density at radius 1 is 1.15 bits per heavy atom. The molecule has 2 heterocycles. The largest absolute Gasteiger partial charge is 0.341 e. The first-order valence-corrected chi connectivity index (χ1v) is 12.7. The van der Waals surface area contributed by atoms with Crippen LogP contribution in [0.5, 0.6) is 0 Å². The van der Waals surface area contributed by atoms with E-state index >= 15 is 0 Å². The van der Waals surface area contributed by atoms with Gasteiger partial charge in [0.05, 0.1) is 4.90 Å². The summed E-state index contributed by atoms with van der Waals surface area (Å²) in [6.45, 7) is 1.88. The van der Waals surface area contributed by atoms with Gasteiger partial charge in [-0.15, -0.1) is 0 Å². The van der Waals surface area contributed by atoms with Crippen molar-refractivity contribution in [3.63, 3.8) is 0 Å². The van der Waals surface area contributed by atoms with Gasteiger partial charge in [-0.1, -0.05) is 11.6 Å². The zero-order valence-corrected chi connectivity index (χ0v) is 19.9. The van der Waals surface area contributed by atoms with E-state index in [-0.39, 0.29) is 54.4 Å². The third-order valence-corrected chi connectivity index (χ3v) is 8.67. The number of rotatable bonds is 5. The normalized spacial score (nSPS) is 21.5. The molecule has 1 saturated heterocycles. The molecule has 34 heavy (non-hydrogen) atoms. The van der Waals surface area contributed by atoms with Crippen LogP contribution in [0.15, 0.2) is 35.5 Å². The minimum absolute atomic E-state index is 0.0755. The van der Waals surface area contributed by atoms with Crippen molar-refractivity contribution in [3.8, 4) is 11.3 Å². The summed E-state index contributed by atoms with van der Waals surface area (Å²) < 4.78 is 70.2. The van der Waals surface area contributed by atoms with Crippen LogP contribution in [-0.4, -0.2) is 65.1 Å². The van der Waals surface area contributed by atoms with Gasteiger partial charge in [0.1, 0.15) is 11.7 Å². The highest BCUT2D eigenvalue weighted by Gasteiger charge is 2.44. The maximum Gasteiger partial charge on any atom is 0.248 e. The van der Waals surface area contributed by atoms with Crippen LogP contribution in [0.2, 0.25) is 0 Å². The average Bonchev–Trinajstić information content (AvgIpc) is 3.29. The second kappa shape index (κ2) is 9.26. The molecule has 2 fully saturated rings. The van der Waals surface area contributed by atoms with E-state index in [1.54, 1.807) is 20.0 Å². The SMILES string of the molecule is Cc1ccc(S(=O)(=O)N2CCC[C@H]2C(=O)N(C)C2CCC(F)(F)CC2)c(-c2nccnc2F)c1. The smallest absolute Gasteiger partial charge is 0.248 e. The number of carbonyl (C=O) groups excluding carboxylic acids is 1. The monoisotopic (exact) mass is 496 g/mol. The average molecular weight is 497 g/mol. The first kappa shape index (κ1) is 24.6. The molecule has 0 radical (unpaired) electrons. The number of hydrogen-bond donors (Lipinski definition) is 0. The third kappa shape index (κ3) is 4.68. The standard InChI is InChI=1S/C23H27F3N4O3S/c1-15-5-6-19(17(14-15)20-21(24)28-12-11-27-20)34(32,33)30-13-3-4-18(30)22(31)29(2)16-7-9-23(25,26)10-8-16/h5-6,11-12,14,16,18H,3-4,7-10,13H2,1-2H3/t18-/m0/s1. The van der Waals surface area contributed by atoms with Crippen LogP contribution in [0.1, 0.15) is 44.1 Å². The summed E-state index contributed by atoms with van der Waals surface area (Å²) in [6, 6.07) is 3.22. The Morgan fingerprint density at radius 3 is 2.50 bits per heavy atom. The number of carbonyl (C=O) groups is 1. The number of likely N-dealkylation sites (N-methyl/N-ethyl adjacent to an activating group) is 1. The minimum atomic E-state index is -4.20. The molecule has 0 unspecified atom stereocenters. The first-order chi connectivity index (χ1) is 16.0. The maximum atomic E-state index is 14.4. The lowest BCUT2D eigenvalue weighted by Crippen LogP contribution is -2.50. The van der Waals surface area contributed by atoms with E-state index in [1.165, 1.54) is 29.4 Å². The molecule has 0 bridgehead atoms. The highest BCUT2D eigenvalue weighted by atomic mass is 32.2. The molecule has 1 saturated carbocycles. The number of aromatic nitrogens is 2. The number of amides is 1. The second-order valence-corrected chi connectivity index (χ2v) is 10.9. The fraction of sp³-hybridized carbons (Fsp3) is 0.522. The van der Waals surface area contributed by atoms with E-state index in [4.69, 9.17) is 0 Å². The van der Waals surface area contributed by atoms with Crippen molar-refractivity contribution in [2.45, 2.75) is 68.4 Å². The van der Waals surface area contributed by atoms with E-state index < -0.39 is 33.8 Å². The Hall–Kier alpha value is -2.53. The lowest BCUT2D eigenvalue weighted by Gasteiger charge is -2.37. The van der Waals surface area contributed by atoms with Crippen molar-refractivity contribution in [3.05, 3.63) is 42.1 Å². The number of halogens is 3. The molecule has 1 amide bonds. The molecule has 1 aliphatic heterocycles. The number of alkyl halides is 2. The maximum absolute atomic E-state index is 14.4. The molecule has 2 aromatic rings. The van der Waals surface area contributed by atoms with Gasteiger partial charge in [-0.25, -0.2) is 27.2 Å². The molecule has 184 valence electrons. The van der Waals surface area contributed by atoms with E-state index in [9.17, 15) is 26.4 Å². The van der Waals surface area contributed by atoms with Gasteiger partial charge in [0.25, 0.3) is 0 Å². The Bertz CT molecular complexity index is 1180. The van der Waals surface area contributed by atoms with Crippen molar-refractivity contribution in [2.75, 3.05) is 13.6 Å². The molecule has 4 rings (SSSR count). The molecule has 11 heteroatoms. The van der Waals surface area contributed by atoms with Gasteiger partial charge in [0.15, 0.2) is 0 Å². The van der Waals surface area contributed by atoms with Crippen LogP contribution in [-0.2, 0) is 14.8 Å². The van der Waals surface area contributed by atoms with E-state index in [0.717, 1.165) is 4.31 Å². The fourth-order valence-corrected chi connectivity index (χ4v) is 6.61. The molecule has 2 aliphatic rings.